The standard InChI is InChI=1S/C14H20BrClN2O2S/c1-3-17-6-7-18(10-11(17)2)21(19,20)14-5-4-12(9-16)8-13(14)15/h4-5,8,11H,3,6-7,9-10H2,1-2H3. The van der Waals surface area contributed by atoms with Gasteiger partial charge in [0.15, 0.2) is 0 Å². The topological polar surface area (TPSA) is 40.6 Å². The molecule has 118 valence electrons. The van der Waals surface area contributed by atoms with Crippen LogP contribution in [0, 0.1) is 0 Å². The van der Waals surface area contributed by atoms with Crippen molar-refractivity contribution < 1.29 is 8.42 Å². The number of piperazine rings is 1. The maximum absolute atomic E-state index is 12.8. The average Bonchev–Trinajstić information content (AvgIpc) is 2.46. The Hall–Kier alpha value is -0.140. The number of hydrogen-bond acceptors (Lipinski definition) is 3. The SMILES string of the molecule is CCN1CCN(S(=O)(=O)c2ccc(CCl)cc2Br)CC1C. The summed E-state index contributed by atoms with van der Waals surface area (Å²) in [6.07, 6.45) is 0. The number of likely N-dealkylation sites (N-methyl/N-ethyl adjacent to an activating group) is 1. The van der Waals surface area contributed by atoms with Crippen molar-refractivity contribution in [1.82, 2.24) is 9.21 Å². The van der Waals surface area contributed by atoms with Gasteiger partial charge in [0.2, 0.25) is 10.0 Å². The molecular formula is C14H20BrClN2O2S. The van der Waals surface area contributed by atoms with E-state index in [9.17, 15) is 8.42 Å². The Bertz CT molecular complexity index is 609. The number of rotatable bonds is 4. The van der Waals surface area contributed by atoms with Crippen molar-refractivity contribution in [2.24, 2.45) is 0 Å². The molecule has 0 aliphatic carbocycles. The second kappa shape index (κ2) is 6.96. The van der Waals surface area contributed by atoms with E-state index in [1.54, 1.807) is 22.5 Å². The first-order chi connectivity index (χ1) is 9.90. The van der Waals surface area contributed by atoms with Crippen molar-refractivity contribution in [3.8, 4) is 0 Å². The van der Waals surface area contributed by atoms with Gasteiger partial charge in [0.25, 0.3) is 0 Å². The maximum atomic E-state index is 12.8. The van der Waals surface area contributed by atoms with E-state index in [0.29, 0.717) is 28.3 Å². The molecular weight excluding hydrogens is 376 g/mol. The van der Waals surface area contributed by atoms with Gasteiger partial charge in [0.1, 0.15) is 0 Å². The predicted molar refractivity (Wildman–Crippen MR) is 89.2 cm³/mol. The zero-order valence-corrected chi connectivity index (χ0v) is 15.4. The van der Waals surface area contributed by atoms with Gasteiger partial charge in [-0.25, -0.2) is 8.42 Å². The quantitative estimate of drug-likeness (QED) is 0.736. The highest BCUT2D eigenvalue weighted by Crippen LogP contribution is 2.28. The minimum atomic E-state index is -3.47. The normalized spacial score (nSPS) is 21.6. The van der Waals surface area contributed by atoms with E-state index in [1.165, 1.54) is 0 Å². The molecule has 2 rings (SSSR count). The molecule has 1 aliphatic heterocycles. The van der Waals surface area contributed by atoms with E-state index >= 15 is 0 Å². The zero-order valence-electron chi connectivity index (χ0n) is 12.2. The van der Waals surface area contributed by atoms with Crippen LogP contribution in [-0.4, -0.2) is 49.8 Å². The second-order valence-electron chi connectivity index (χ2n) is 5.24. The van der Waals surface area contributed by atoms with E-state index in [4.69, 9.17) is 11.6 Å². The lowest BCUT2D eigenvalue weighted by atomic mass is 10.2. The van der Waals surface area contributed by atoms with Crippen LogP contribution in [0.15, 0.2) is 27.6 Å². The predicted octanol–water partition coefficient (Wildman–Crippen LogP) is 2.90. The van der Waals surface area contributed by atoms with Gasteiger partial charge < -0.3 is 0 Å². The lowest BCUT2D eigenvalue weighted by Crippen LogP contribution is -2.53. The summed E-state index contributed by atoms with van der Waals surface area (Å²) >= 11 is 9.14. The van der Waals surface area contributed by atoms with Gasteiger partial charge in [-0.15, -0.1) is 11.6 Å². The summed E-state index contributed by atoms with van der Waals surface area (Å²) < 4.78 is 27.7. The average molecular weight is 396 g/mol. The highest BCUT2D eigenvalue weighted by molar-refractivity contribution is 9.10. The van der Waals surface area contributed by atoms with Gasteiger partial charge in [-0.3, -0.25) is 4.90 Å². The summed E-state index contributed by atoms with van der Waals surface area (Å²) in [5.41, 5.74) is 0.895. The monoisotopic (exact) mass is 394 g/mol. The fourth-order valence-corrected chi connectivity index (χ4v) is 5.39. The summed E-state index contributed by atoms with van der Waals surface area (Å²) in [6, 6.07) is 5.40. The molecule has 1 fully saturated rings. The summed E-state index contributed by atoms with van der Waals surface area (Å²) in [5, 5.41) is 0. The molecule has 1 unspecified atom stereocenters. The van der Waals surface area contributed by atoms with Crippen LogP contribution in [0.25, 0.3) is 0 Å². The summed E-state index contributed by atoms with van der Waals surface area (Å²) in [6.45, 7) is 6.94. The smallest absolute Gasteiger partial charge is 0.244 e. The van der Waals surface area contributed by atoms with E-state index < -0.39 is 10.0 Å². The molecule has 1 aliphatic rings. The molecule has 1 saturated heterocycles. The molecule has 1 heterocycles. The molecule has 0 spiro atoms. The highest BCUT2D eigenvalue weighted by atomic mass is 79.9. The highest BCUT2D eigenvalue weighted by Gasteiger charge is 2.32. The molecule has 1 atom stereocenters. The van der Waals surface area contributed by atoms with E-state index in [1.807, 2.05) is 0 Å². The van der Waals surface area contributed by atoms with Crippen molar-refractivity contribution in [1.29, 1.82) is 0 Å². The van der Waals surface area contributed by atoms with Gasteiger partial charge in [0.05, 0.1) is 4.90 Å². The van der Waals surface area contributed by atoms with Crippen molar-refractivity contribution in [3.63, 3.8) is 0 Å². The van der Waals surface area contributed by atoms with Gasteiger partial charge in [-0.05, 0) is 47.1 Å². The van der Waals surface area contributed by atoms with Gasteiger partial charge in [-0.2, -0.15) is 4.31 Å². The molecule has 7 heteroatoms. The van der Waals surface area contributed by atoms with E-state index in [2.05, 4.69) is 34.7 Å². The third kappa shape index (κ3) is 3.62. The summed E-state index contributed by atoms with van der Waals surface area (Å²) in [7, 11) is -3.47. The van der Waals surface area contributed by atoms with Gasteiger partial charge >= 0.3 is 0 Å². The summed E-state index contributed by atoms with van der Waals surface area (Å²) in [5.74, 6) is 0.366. The summed E-state index contributed by atoms with van der Waals surface area (Å²) in [4.78, 5) is 2.60. The number of nitrogens with zero attached hydrogens (tertiary/aromatic N) is 2. The number of benzene rings is 1. The first-order valence-electron chi connectivity index (χ1n) is 6.98. The number of sulfonamides is 1. The van der Waals surface area contributed by atoms with Crippen molar-refractivity contribution in [2.75, 3.05) is 26.2 Å². The molecule has 0 saturated carbocycles. The van der Waals surface area contributed by atoms with E-state index in [-0.39, 0.29) is 6.04 Å². The first kappa shape index (κ1) is 17.2. The Morgan fingerprint density at radius 1 is 1.38 bits per heavy atom. The lowest BCUT2D eigenvalue weighted by molar-refractivity contribution is 0.135. The molecule has 0 N–H and O–H groups in total. The molecule has 0 amide bonds. The largest absolute Gasteiger partial charge is 0.298 e. The van der Waals surface area contributed by atoms with Crippen molar-refractivity contribution in [3.05, 3.63) is 28.2 Å². The van der Waals surface area contributed by atoms with Crippen LogP contribution >= 0.6 is 27.5 Å². The number of hydrogen-bond donors (Lipinski definition) is 0. The number of halogens is 2. The van der Waals surface area contributed by atoms with Crippen LogP contribution in [0.3, 0.4) is 0 Å². The van der Waals surface area contributed by atoms with Gasteiger partial charge in [0, 0.05) is 36.0 Å². The van der Waals surface area contributed by atoms with Crippen LogP contribution in [0.1, 0.15) is 19.4 Å². The second-order valence-corrected chi connectivity index (χ2v) is 8.27. The fourth-order valence-electron chi connectivity index (χ4n) is 2.63. The Kier molecular flexibility index (Phi) is 5.71. The molecule has 21 heavy (non-hydrogen) atoms. The molecule has 0 aromatic heterocycles. The van der Waals surface area contributed by atoms with Crippen molar-refractivity contribution in [2.45, 2.75) is 30.7 Å². The first-order valence-corrected chi connectivity index (χ1v) is 9.75. The third-order valence-corrected chi connectivity index (χ3v) is 7.05. The lowest BCUT2D eigenvalue weighted by Gasteiger charge is -2.38. The van der Waals surface area contributed by atoms with Crippen LogP contribution in [0.4, 0.5) is 0 Å². The molecule has 0 radical (unpaired) electrons. The number of alkyl halides is 1. The minimum absolute atomic E-state index is 0.236. The van der Waals surface area contributed by atoms with Crippen molar-refractivity contribution >= 4 is 37.6 Å². The third-order valence-electron chi connectivity index (χ3n) is 3.90. The Morgan fingerprint density at radius 2 is 2.10 bits per heavy atom. The van der Waals surface area contributed by atoms with Crippen LogP contribution in [-0.2, 0) is 15.9 Å². The maximum Gasteiger partial charge on any atom is 0.244 e. The van der Waals surface area contributed by atoms with Gasteiger partial charge in [-0.1, -0.05) is 13.0 Å². The molecule has 4 nitrogen and oxygen atoms in total. The Morgan fingerprint density at radius 3 is 2.62 bits per heavy atom. The molecule has 0 bridgehead atoms. The Balaban J connectivity index is 2.27. The molecule has 1 aromatic carbocycles. The van der Waals surface area contributed by atoms with Crippen LogP contribution in [0.5, 0.6) is 0 Å². The minimum Gasteiger partial charge on any atom is -0.298 e. The fraction of sp³-hybridized carbons (Fsp3) is 0.571. The molecule has 1 aromatic rings. The van der Waals surface area contributed by atoms with Crippen LogP contribution < -0.4 is 0 Å². The van der Waals surface area contributed by atoms with E-state index in [0.717, 1.165) is 18.7 Å². The Labute approximate surface area is 140 Å². The zero-order chi connectivity index (χ0) is 15.6. The van der Waals surface area contributed by atoms with Crippen LogP contribution in [0.2, 0.25) is 0 Å².